The van der Waals surface area contributed by atoms with Crippen LogP contribution in [-0.4, -0.2) is 41.0 Å². The van der Waals surface area contributed by atoms with E-state index < -0.39 is 24.4 Å². The summed E-state index contributed by atoms with van der Waals surface area (Å²) in [6.07, 6.45) is -0.706. The first kappa shape index (κ1) is 17.3. The molecule has 0 aliphatic carbocycles. The third-order valence-electron chi connectivity index (χ3n) is 0.689. The molecule has 0 amide bonds. The van der Waals surface area contributed by atoms with Crippen LogP contribution in [0.25, 0.3) is 0 Å². The zero-order chi connectivity index (χ0) is 7.44. The van der Waals surface area contributed by atoms with Gasteiger partial charge in [-0.25, -0.2) is 0 Å². The molecular formula is C4H6BrMgNO4. The number of halogens is 1. The Balaban J connectivity index is -0.000000320. The van der Waals surface area contributed by atoms with Gasteiger partial charge in [-0.05, 0) is 0 Å². The molecule has 0 aromatic carbocycles. The van der Waals surface area contributed by atoms with Crippen LogP contribution in [0.2, 0.25) is 0 Å². The van der Waals surface area contributed by atoms with E-state index in [0.717, 1.165) is 0 Å². The molecule has 60 valence electrons. The molecule has 0 aromatic rings. The average Bonchev–Trinajstić information content (AvgIpc) is 1.63. The summed E-state index contributed by atoms with van der Waals surface area (Å²) in [5.41, 5.74) is 4.73. The number of hydrogen-bond donors (Lipinski definition) is 1. The zero-order valence-electron chi connectivity index (χ0n) is 5.61. The van der Waals surface area contributed by atoms with Crippen molar-refractivity contribution in [1.29, 1.82) is 0 Å². The van der Waals surface area contributed by atoms with Gasteiger partial charge in [0.2, 0.25) is 0 Å². The molecule has 0 rings (SSSR count). The monoisotopic (exact) mass is 235 g/mol. The maximum Gasteiger partial charge on any atom is 2.00 e. The minimum absolute atomic E-state index is 0. The van der Waals surface area contributed by atoms with Crippen molar-refractivity contribution in [3.05, 3.63) is 0 Å². The van der Waals surface area contributed by atoms with Crippen LogP contribution in [-0.2, 0) is 9.59 Å². The summed E-state index contributed by atoms with van der Waals surface area (Å²) < 4.78 is 0. The van der Waals surface area contributed by atoms with Crippen LogP contribution >= 0.6 is 17.0 Å². The number of hydrogen-bond acceptors (Lipinski definition) is 5. The second-order valence-corrected chi connectivity index (χ2v) is 1.50. The molecule has 0 aliphatic heterocycles. The topological polar surface area (TPSA) is 106 Å². The number of nitrogens with two attached hydrogens (primary N) is 1. The molecule has 0 fully saturated rings. The van der Waals surface area contributed by atoms with Crippen LogP contribution in [0.5, 0.6) is 0 Å². The van der Waals surface area contributed by atoms with Crippen LogP contribution in [0.1, 0.15) is 6.42 Å². The van der Waals surface area contributed by atoms with Gasteiger partial charge in [-0.15, -0.1) is 17.0 Å². The molecule has 0 bridgehead atoms. The first-order valence-corrected chi connectivity index (χ1v) is 2.20. The zero-order valence-corrected chi connectivity index (χ0v) is 8.74. The fraction of sp³-hybridized carbons (Fsp3) is 0.500. The normalized spacial score (nSPS) is 10.3. The molecule has 0 aliphatic rings. The van der Waals surface area contributed by atoms with Crippen molar-refractivity contribution in [2.45, 2.75) is 12.5 Å². The quantitative estimate of drug-likeness (QED) is 0.510. The third-order valence-corrected chi connectivity index (χ3v) is 0.689. The second kappa shape index (κ2) is 8.24. The predicted octanol–water partition coefficient (Wildman–Crippen LogP) is -3.60. The van der Waals surface area contributed by atoms with E-state index in [4.69, 9.17) is 5.73 Å². The predicted molar refractivity (Wildman–Crippen MR) is 38.7 cm³/mol. The van der Waals surface area contributed by atoms with Crippen molar-refractivity contribution in [2.24, 2.45) is 5.73 Å². The van der Waals surface area contributed by atoms with Crippen molar-refractivity contribution < 1.29 is 19.8 Å². The Labute approximate surface area is 89.9 Å². The number of aliphatic carboxylic acids is 2. The molecule has 11 heavy (non-hydrogen) atoms. The maximum absolute atomic E-state index is 9.71. The van der Waals surface area contributed by atoms with E-state index in [-0.39, 0.29) is 40.0 Å². The van der Waals surface area contributed by atoms with Crippen molar-refractivity contribution >= 4 is 52.0 Å². The van der Waals surface area contributed by atoms with Crippen molar-refractivity contribution in [3.63, 3.8) is 0 Å². The summed E-state index contributed by atoms with van der Waals surface area (Å²) in [7, 11) is 0. The first-order chi connectivity index (χ1) is 4.04. The molecule has 1 atom stereocenters. The summed E-state index contributed by atoms with van der Waals surface area (Å²) in [6.45, 7) is 0. The summed E-state index contributed by atoms with van der Waals surface area (Å²) in [4.78, 5) is 19.3. The van der Waals surface area contributed by atoms with Crippen molar-refractivity contribution in [1.82, 2.24) is 0 Å². The minimum atomic E-state index is -1.58. The van der Waals surface area contributed by atoms with E-state index in [9.17, 15) is 19.8 Å². The second-order valence-electron chi connectivity index (χ2n) is 1.50. The van der Waals surface area contributed by atoms with E-state index in [2.05, 4.69) is 0 Å². The summed E-state index contributed by atoms with van der Waals surface area (Å²) in [5.74, 6) is -3.08. The molecular weight excluding hydrogens is 230 g/mol. The Morgan fingerprint density at radius 3 is 1.82 bits per heavy atom. The van der Waals surface area contributed by atoms with Gasteiger partial charge in [-0.1, -0.05) is 0 Å². The van der Waals surface area contributed by atoms with Crippen LogP contribution in [0, 0.1) is 0 Å². The van der Waals surface area contributed by atoms with Gasteiger partial charge in [0.05, 0.1) is 5.97 Å². The molecule has 0 saturated heterocycles. The first-order valence-electron chi connectivity index (χ1n) is 2.20. The van der Waals surface area contributed by atoms with Crippen LogP contribution in [0.3, 0.4) is 0 Å². The van der Waals surface area contributed by atoms with E-state index >= 15 is 0 Å². The van der Waals surface area contributed by atoms with E-state index in [1.54, 1.807) is 0 Å². The average molecular weight is 236 g/mol. The van der Waals surface area contributed by atoms with Gasteiger partial charge in [-0.3, -0.25) is 0 Å². The molecule has 5 nitrogen and oxygen atoms in total. The SMILES string of the molecule is Br.NC(CC(=O)[O-])C(=O)[O-].[Mg+2]. The van der Waals surface area contributed by atoms with Gasteiger partial charge in [0.25, 0.3) is 0 Å². The largest absolute Gasteiger partial charge is 2.00 e. The number of carbonyl (C=O) groups excluding carboxylic acids is 2. The van der Waals surface area contributed by atoms with E-state index in [1.807, 2.05) is 0 Å². The number of rotatable bonds is 3. The Morgan fingerprint density at radius 1 is 1.36 bits per heavy atom. The maximum atomic E-state index is 9.71. The molecule has 0 aromatic heterocycles. The van der Waals surface area contributed by atoms with Crippen molar-refractivity contribution in [2.75, 3.05) is 0 Å². The summed E-state index contributed by atoms with van der Waals surface area (Å²) >= 11 is 0. The molecule has 0 heterocycles. The Hall–Kier alpha value is 0.146. The number of carboxylic acid groups (broad SMARTS) is 2. The standard InChI is InChI=1S/C4H7NO4.BrH.Mg/c5-2(4(8)9)1-3(6)7;;/h2H,1,5H2,(H,6,7)(H,8,9);1H;/q;;+2/p-2. The molecule has 2 N–H and O–H groups in total. The Kier molecular flexibility index (Phi) is 13.0. The van der Waals surface area contributed by atoms with E-state index in [0.29, 0.717) is 0 Å². The number of carbonyl (C=O) groups is 2. The molecule has 1 unspecified atom stereocenters. The fourth-order valence-corrected chi connectivity index (χ4v) is 0.263. The van der Waals surface area contributed by atoms with Crippen LogP contribution < -0.4 is 15.9 Å². The van der Waals surface area contributed by atoms with Crippen LogP contribution in [0.4, 0.5) is 0 Å². The molecule has 0 saturated carbocycles. The van der Waals surface area contributed by atoms with Gasteiger partial charge < -0.3 is 25.5 Å². The van der Waals surface area contributed by atoms with Gasteiger partial charge in [0, 0.05) is 18.4 Å². The smallest absolute Gasteiger partial charge is 0.550 e. The van der Waals surface area contributed by atoms with Gasteiger partial charge in [-0.2, -0.15) is 0 Å². The van der Waals surface area contributed by atoms with Gasteiger partial charge in [0.1, 0.15) is 0 Å². The van der Waals surface area contributed by atoms with Gasteiger partial charge in [0.15, 0.2) is 0 Å². The number of carboxylic acids is 2. The summed E-state index contributed by atoms with van der Waals surface area (Å²) in [6, 6.07) is -1.46. The third kappa shape index (κ3) is 10.1. The van der Waals surface area contributed by atoms with E-state index in [1.165, 1.54) is 0 Å². The molecule has 0 radical (unpaired) electrons. The van der Waals surface area contributed by atoms with Crippen LogP contribution in [0.15, 0.2) is 0 Å². The summed E-state index contributed by atoms with van der Waals surface area (Å²) in [5, 5.41) is 19.3. The fourth-order valence-electron chi connectivity index (χ4n) is 0.263. The molecule has 0 spiro atoms. The molecule has 7 heteroatoms. The Bertz CT molecular complexity index is 142. The Morgan fingerprint density at radius 2 is 1.73 bits per heavy atom. The van der Waals surface area contributed by atoms with Gasteiger partial charge >= 0.3 is 23.1 Å². The van der Waals surface area contributed by atoms with Crippen molar-refractivity contribution in [3.8, 4) is 0 Å². The minimum Gasteiger partial charge on any atom is -0.550 e.